The topological polar surface area (TPSA) is 0 Å². The van der Waals surface area contributed by atoms with Gasteiger partial charge in [0.2, 0.25) is 0 Å². The lowest BCUT2D eigenvalue weighted by molar-refractivity contribution is 1.02. The molecule has 0 aromatic rings. The summed E-state index contributed by atoms with van der Waals surface area (Å²) in [6.07, 6.45) is 4.16. The van der Waals surface area contributed by atoms with Crippen LogP contribution in [0.2, 0.25) is 0 Å². The molecule has 0 saturated heterocycles. The van der Waals surface area contributed by atoms with Crippen molar-refractivity contribution in [2.24, 2.45) is 0 Å². The van der Waals surface area contributed by atoms with Crippen LogP contribution in [0.3, 0.4) is 0 Å². The second-order valence-corrected chi connectivity index (χ2v) is 2.41. The molecule has 0 N–H and O–H groups in total. The fourth-order valence-electron chi connectivity index (χ4n) is 0.693. The van der Waals surface area contributed by atoms with Gasteiger partial charge in [-0.15, -0.1) is 6.58 Å². The molecule has 0 heterocycles. The first-order valence-electron chi connectivity index (χ1n) is 3.48. The normalized spacial score (nSPS) is 12.8. The number of allylic oxidation sites excluding steroid dienone is 3. The van der Waals surface area contributed by atoms with Gasteiger partial charge >= 0.3 is 0 Å². The number of rotatable bonds is 3. The molecule has 0 aromatic carbocycles. The predicted octanol–water partition coefficient (Wildman–Crippen LogP) is 3.31. The van der Waals surface area contributed by atoms with Crippen molar-refractivity contribution >= 4 is 0 Å². The van der Waals surface area contributed by atoms with Gasteiger partial charge in [-0.25, -0.2) is 0 Å². The smallest absolute Gasteiger partial charge is 0.0142 e. The van der Waals surface area contributed by atoms with Crippen molar-refractivity contribution in [1.82, 2.24) is 0 Å². The van der Waals surface area contributed by atoms with Crippen LogP contribution in [-0.2, 0) is 0 Å². The highest BCUT2D eigenvalue weighted by Crippen LogP contribution is 2.10. The Morgan fingerprint density at radius 1 is 1.33 bits per heavy atom. The summed E-state index contributed by atoms with van der Waals surface area (Å²) >= 11 is 0. The molecule has 9 heavy (non-hydrogen) atoms. The van der Waals surface area contributed by atoms with Gasteiger partial charge in [0.05, 0.1) is 0 Å². The maximum absolute atomic E-state index is 3.68. The lowest BCUT2D eigenvalue weighted by Crippen LogP contribution is -1.79. The van der Waals surface area contributed by atoms with Crippen LogP contribution in [0.25, 0.3) is 0 Å². The number of hydrogen-bond donors (Lipinski definition) is 0. The molecule has 0 spiro atoms. The highest BCUT2D eigenvalue weighted by atomic mass is 14.0. The van der Waals surface area contributed by atoms with Crippen molar-refractivity contribution in [1.29, 1.82) is 0 Å². The molecule has 0 radical (unpaired) electrons. The van der Waals surface area contributed by atoms with E-state index in [4.69, 9.17) is 0 Å². The van der Waals surface area contributed by atoms with Crippen LogP contribution in [0, 0.1) is 0 Å². The van der Waals surface area contributed by atoms with E-state index >= 15 is 0 Å². The van der Waals surface area contributed by atoms with E-state index < -0.39 is 0 Å². The molecule has 0 aliphatic heterocycles. The van der Waals surface area contributed by atoms with Crippen LogP contribution in [0.15, 0.2) is 23.8 Å². The lowest BCUT2D eigenvalue weighted by atomic mass is 10.1. The molecule has 0 rings (SSSR count). The van der Waals surface area contributed by atoms with Gasteiger partial charge in [-0.2, -0.15) is 0 Å². The third kappa shape index (κ3) is 3.12. The Kier molecular flexibility index (Phi) is 4.12. The Hall–Kier alpha value is -0.520. The molecule has 0 aliphatic carbocycles. The Morgan fingerprint density at radius 2 is 1.89 bits per heavy atom. The van der Waals surface area contributed by atoms with Crippen LogP contribution in [0.1, 0.15) is 33.6 Å². The Balaban J connectivity index is 3.92. The van der Waals surface area contributed by atoms with Crippen LogP contribution >= 0.6 is 0 Å². The molecule has 0 aliphatic rings. The Bertz CT molecular complexity index is 118. The average Bonchev–Trinajstić information content (AvgIpc) is 1.87. The quantitative estimate of drug-likeness (QED) is 0.506. The predicted molar refractivity (Wildman–Crippen MR) is 43.5 cm³/mol. The summed E-state index contributed by atoms with van der Waals surface area (Å²) in [5.41, 5.74) is 2.96. The summed E-state index contributed by atoms with van der Waals surface area (Å²) in [4.78, 5) is 0. The molecule has 0 atom stereocenters. The highest BCUT2D eigenvalue weighted by Gasteiger charge is 1.89. The standard InChI is InChI=1S/C9H16/c1-5-7-9(4)8(3)6-2/h5H,1,6-7H2,2-4H3. The number of hydrogen-bond acceptors (Lipinski definition) is 0. The van der Waals surface area contributed by atoms with Gasteiger partial charge in [-0.1, -0.05) is 24.1 Å². The molecule has 0 fully saturated rings. The zero-order valence-electron chi connectivity index (χ0n) is 6.70. The summed E-state index contributed by atoms with van der Waals surface area (Å²) in [5, 5.41) is 0. The first kappa shape index (κ1) is 8.48. The molecule has 0 nitrogen and oxygen atoms in total. The van der Waals surface area contributed by atoms with Gasteiger partial charge in [0, 0.05) is 0 Å². The third-order valence-electron chi connectivity index (χ3n) is 1.71. The molecule has 0 heteroatoms. The van der Waals surface area contributed by atoms with Gasteiger partial charge < -0.3 is 0 Å². The minimum absolute atomic E-state index is 1.04. The monoisotopic (exact) mass is 124 g/mol. The molecular weight excluding hydrogens is 108 g/mol. The SMILES string of the molecule is C=CCC(C)=C(C)CC. The summed E-state index contributed by atoms with van der Waals surface area (Å²) in [5.74, 6) is 0. The van der Waals surface area contributed by atoms with Crippen molar-refractivity contribution in [3.63, 3.8) is 0 Å². The molecule has 0 aromatic heterocycles. The molecule has 0 amide bonds. The summed E-state index contributed by atoms with van der Waals surface area (Å²) < 4.78 is 0. The van der Waals surface area contributed by atoms with Crippen molar-refractivity contribution in [3.05, 3.63) is 23.8 Å². The van der Waals surface area contributed by atoms with E-state index in [9.17, 15) is 0 Å². The van der Waals surface area contributed by atoms with E-state index in [1.165, 1.54) is 17.6 Å². The molecule has 0 saturated carbocycles. The van der Waals surface area contributed by atoms with Gasteiger partial charge in [0.25, 0.3) is 0 Å². The van der Waals surface area contributed by atoms with Crippen LogP contribution in [-0.4, -0.2) is 0 Å². The van der Waals surface area contributed by atoms with Gasteiger partial charge in [0.1, 0.15) is 0 Å². The van der Waals surface area contributed by atoms with Crippen molar-refractivity contribution in [3.8, 4) is 0 Å². The maximum Gasteiger partial charge on any atom is -0.0142 e. The maximum atomic E-state index is 3.68. The highest BCUT2D eigenvalue weighted by molar-refractivity contribution is 5.11. The van der Waals surface area contributed by atoms with Crippen LogP contribution in [0.4, 0.5) is 0 Å². The minimum atomic E-state index is 1.04. The largest absolute Gasteiger partial charge is 0.103 e. The third-order valence-corrected chi connectivity index (χ3v) is 1.71. The van der Waals surface area contributed by atoms with E-state index in [-0.39, 0.29) is 0 Å². The molecular formula is C9H16. The molecule has 0 unspecified atom stereocenters. The fraction of sp³-hybridized carbons (Fsp3) is 0.556. The van der Waals surface area contributed by atoms with Crippen molar-refractivity contribution < 1.29 is 0 Å². The Labute approximate surface area is 58.3 Å². The first-order valence-corrected chi connectivity index (χ1v) is 3.48. The van der Waals surface area contributed by atoms with E-state index in [0.717, 1.165) is 6.42 Å². The van der Waals surface area contributed by atoms with Crippen molar-refractivity contribution in [2.45, 2.75) is 33.6 Å². The van der Waals surface area contributed by atoms with Gasteiger partial charge in [0.15, 0.2) is 0 Å². The zero-order valence-corrected chi connectivity index (χ0v) is 6.70. The van der Waals surface area contributed by atoms with Gasteiger partial charge in [-0.3, -0.25) is 0 Å². The summed E-state index contributed by atoms with van der Waals surface area (Å²) in [6, 6.07) is 0. The second-order valence-electron chi connectivity index (χ2n) is 2.41. The summed E-state index contributed by atoms with van der Waals surface area (Å²) in [7, 11) is 0. The average molecular weight is 124 g/mol. The first-order chi connectivity index (χ1) is 4.22. The van der Waals surface area contributed by atoms with E-state index in [1.54, 1.807) is 0 Å². The van der Waals surface area contributed by atoms with E-state index in [2.05, 4.69) is 27.4 Å². The van der Waals surface area contributed by atoms with Crippen LogP contribution < -0.4 is 0 Å². The zero-order chi connectivity index (χ0) is 7.28. The molecule has 52 valence electrons. The fourth-order valence-corrected chi connectivity index (χ4v) is 0.693. The summed E-state index contributed by atoms with van der Waals surface area (Å²) in [6.45, 7) is 10.2. The Morgan fingerprint density at radius 3 is 2.22 bits per heavy atom. The molecule has 0 bridgehead atoms. The lowest BCUT2D eigenvalue weighted by Gasteiger charge is -2.00. The van der Waals surface area contributed by atoms with Gasteiger partial charge in [-0.05, 0) is 26.7 Å². The minimum Gasteiger partial charge on any atom is -0.103 e. The van der Waals surface area contributed by atoms with Crippen molar-refractivity contribution in [2.75, 3.05) is 0 Å². The van der Waals surface area contributed by atoms with E-state index in [0.29, 0.717) is 0 Å². The van der Waals surface area contributed by atoms with Crippen LogP contribution in [0.5, 0.6) is 0 Å². The van der Waals surface area contributed by atoms with E-state index in [1.807, 2.05) is 6.08 Å². The second kappa shape index (κ2) is 4.37.